The van der Waals surface area contributed by atoms with Crippen molar-refractivity contribution in [1.29, 1.82) is 0 Å². The van der Waals surface area contributed by atoms with Crippen molar-refractivity contribution in [2.24, 2.45) is 0 Å². The van der Waals surface area contributed by atoms with Gasteiger partial charge in [-0.25, -0.2) is 23.7 Å². The summed E-state index contributed by atoms with van der Waals surface area (Å²) in [6.45, 7) is -1.94. The number of ether oxygens (including phenoxy) is 1. The van der Waals surface area contributed by atoms with E-state index in [1.807, 2.05) is 0 Å². The molecule has 0 saturated heterocycles. The number of alkyl halides is 5. The average Bonchev–Trinajstić information content (AvgIpc) is 2.78. The lowest BCUT2D eigenvalue weighted by Crippen LogP contribution is -2.46. The van der Waals surface area contributed by atoms with Crippen LogP contribution in [0.25, 0.3) is 11.3 Å². The molecule has 0 aliphatic rings. The second kappa shape index (κ2) is 9.49. The number of hydrogen-bond acceptors (Lipinski definition) is 6. The van der Waals surface area contributed by atoms with Gasteiger partial charge in [0.1, 0.15) is 23.1 Å². The number of anilines is 2. The van der Waals surface area contributed by atoms with Crippen molar-refractivity contribution in [1.82, 2.24) is 20.3 Å². The Morgan fingerprint density at radius 3 is 2.38 bits per heavy atom. The minimum absolute atomic E-state index is 0.0149. The highest BCUT2D eigenvalue weighted by molar-refractivity contribution is 5.94. The summed E-state index contributed by atoms with van der Waals surface area (Å²) in [6.07, 6.45) is -4.09. The third kappa shape index (κ3) is 5.50. The molecule has 0 atom stereocenters. The lowest BCUT2D eigenvalue weighted by atomic mass is 10.1. The molecule has 0 spiro atoms. The Hall–Kier alpha value is -3.97. The van der Waals surface area contributed by atoms with Gasteiger partial charge in [0.25, 0.3) is 5.91 Å². The minimum atomic E-state index is -5.81. The van der Waals surface area contributed by atoms with Gasteiger partial charge in [0.15, 0.2) is 5.82 Å². The summed E-state index contributed by atoms with van der Waals surface area (Å²) in [4.78, 5) is 23.4. The topological polar surface area (TPSA) is 89.0 Å². The van der Waals surface area contributed by atoms with Crippen LogP contribution in [0.4, 0.5) is 42.5 Å². The summed E-state index contributed by atoms with van der Waals surface area (Å²) >= 11 is 0. The van der Waals surface area contributed by atoms with Crippen LogP contribution in [0.3, 0.4) is 0 Å². The second-order valence-electron chi connectivity index (χ2n) is 6.68. The fourth-order valence-electron chi connectivity index (χ4n) is 2.59. The van der Waals surface area contributed by atoms with E-state index in [-0.39, 0.29) is 34.3 Å². The molecule has 2 N–H and O–H groups in total. The summed E-state index contributed by atoms with van der Waals surface area (Å²) in [5.74, 6) is -7.83. The third-order valence-electron chi connectivity index (χ3n) is 4.31. The normalized spacial score (nSPS) is 11.8. The first-order valence-electron chi connectivity index (χ1n) is 9.23. The van der Waals surface area contributed by atoms with Crippen LogP contribution in [0.2, 0.25) is 0 Å². The number of methoxy groups -OCH3 is 1. The van der Waals surface area contributed by atoms with Crippen molar-refractivity contribution in [3.63, 3.8) is 0 Å². The largest absolute Gasteiger partial charge is 0.496 e. The maximum absolute atomic E-state index is 14.3. The number of amides is 1. The number of halogens is 7. The summed E-state index contributed by atoms with van der Waals surface area (Å²) < 4.78 is 95.5. The van der Waals surface area contributed by atoms with Crippen LogP contribution in [0.1, 0.15) is 10.4 Å². The summed E-state index contributed by atoms with van der Waals surface area (Å²) in [6, 6.07) is 5.70. The Balaban J connectivity index is 1.75. The molecule has 180 valence electrons. The van der Waals surface area contributed by atoms with E-state index in [4.69, 9.17) is 4.74 Å². The maximum Gasteiger partial charge on any atom is 0.455 e. The molecule has 7 nitrogen and oxygen atoms in total. The number of rotatable bonds is 7. The SMILES string of the molecule is COc1ccc(F)cc1-c1nc(Nc2ccc(C(=O)NCC(F)(F)C(F)(F)F)cn2)ncc1F. The van der Waals surface area contributed by atoms with Crippen LogP contribution in [0.15, 0.2) is 42.7 Å². The van der Waals surface area contributed by atoms with E-state index < -0.39 is 36.2 Å². The average molecular weight is 489 g/mol. The molecule has 0 fully saturated rings. The molecule has 0 unspecified atom stereocenters. The third-order valence-corrected chi connectivity index (χ3v) is 4.31. The van der Waals surface area contributed by atoms with Gasteiger partial charge in [-0.1, -0.05) is 0 Å². The van der Waals surface area contributed by atoms with E-state index in [2.05, 4.69) is 20.3 Å². The van der Waals surface area contributed by atoms with Gasteiger partial charge in [0.2, 0.25) is 5.95 Å². The van der Waals surface area contributed by atoms with E-state index >= 15 is 0 Å². The maximum atomic E-state index is 14.3. The van der Waals surface area contributed by atoms with Crippen LogP contribution in [-0.4, -0.2) is 46.6 Å². The van der Waals surface area contributed by atoms with Crippen molar-refractivity contribution in [3.8, 4) is 17.0 Å². The summed E-state index contributed by atoms with van der Waals surface area (Å²) in [7, 11) is 1.31. The number of benzene rings is 1. The molecule has 34 heavy (non-hydrogen) atoms. The van der Waals surface area contributed by atoms with Gasteiger partial charge in [-0.2, -0.15) is 22.0 Å². The number of carbonyl (C=O) groups is 1. The van der Waals surface area contributed by atoms with Crippen LogP contribution in [-0.2, 0) is 0 Å². The van der Waals surface area contributed by atoms with Gasteiger partial charge in [-0.05, 0) is 30.3 Å². The zero-order valence-corrected chi connectivity index (χ0v) is 17.1. The number of carbonyl (C=O) groups excluding carboxylic acids is 1. The Kier molecular flexibility index (Phi) is 6.88. The first-order chi connectivity index (χ1) is 15.9. The van der Waals surface area contributed by atoms with Crippen molar-refractivity contribution < 1.29 is 40.3 Å². The molecule has 3 aromatic rings. The lowest BCUT2D eigenvalue weighted by molar-refractivity contribution is -0.278. The molecule has 0 aliphatic carbocycles. The van der Waals surface area contributed by atoms with Gasteiger partial charge in [0.05, 0.1) is 25.4 Å². The highest BCUT2D eigenvalue weighted by Gasteiger charge is 2.57. The minimum Gasteiger partial charge on any atom is -0.496 e. The monoisotopic (exact) mass is 489 g/mol. The van der Waals surface area contributed by atoms with E-state index in [1.165, 1.54) is 24.6 Å². The van der Waals surface area contributed by atoms with E-state index in [9.17, 15) is 35.5 Å². The predicted molar refractivity (Wildman–Crippen MR) is 105 cm³/mol. The fraction of sp³-hybridized carbons (Fsp3) is 0.200. The smallest absolute Gasteiger partial charge is 0.455 e. The summed E-state index contributed by atoms with van der Waals surface area (Å²) in [5, 5.41) is 4.08. The molecule has 0 radical (unpaired) electrons. The van der Waals surface area contributed by atoms with Gasteiger partial charge >= 0.3 is 12.1 Å². The van der Waals surface area contributed by atoms with E-state index in [0.29, 0.717) is 0 Å². The van der Waals surface area contributed by atoms with E-state index in [0.717, 1.165) is 30.6 Å². The Bertz CT molecular complexity index is 1190. The van der Waals surface area contributed by atoms with Crippen LogP contribution >= 0.6 is 0 Å². The molecular formula is C20H14F7N5O2. The zero-order valence-electron chi connectivity index (χ0n) is 17.1. The highest BCUT2D eigenvalue weighted by atomic mass is 19.4. The number of nitrogens with one attached hydrogen (secondary N) is 2. The number of pyridine rings is 1. The lowest BCUT2D eigenvalue weighted by Gasteiger charge is -2.19. The molecule has 2 heterocycles. The molecule has 3 rings (SSSR count). The number of aromatic nitrogens is 3. The molecular weight excluding hydrogens is 475 g/mol. The quantitative estimate of drug-likeness (QED) is 0.476. The van der Waals surface area contributed by atoms with Crippen LogP contribution < -0.4 is 15.4 Å². The Morgan fingerprint density at radius 1 is 1.03 bits per heavy atom. The first kappa shape index (κ1) is 24.7. The number of nitrogens with zero attached hydrogens (tertiary/aromatic N) is 3. The van der Waals surface area contributed by atoms with Gasteiger partial charge in [-0.3, -0.25) is 4.79 Å². The molecule has 0 saturated carbocycles. The Labute approximate surface area is 187 Å². The van der Waals surface area contributed by atoms with E-state index in [1.54, 1.807) is 0 Å². The second-order valence-corrected chi connectivity index (χ2v) is 6.68. The molecule has 1 aromatic carbocycles. The Morgan fingerprint density at radius 2 is 1.76 bits per heavy atom. The first-order valence-corrected chi connectivity index (χ1v) is 9.23. The molecule has 0 aliphatic heterocycles. The highest BCUT2D eigenvalue weighted by Crippen LogP contribution is 2.35. The fourth-order valence-corrected chi connectivity index (χ4v) is 2.59. The van der Waals surface area contributed by atoms with Crippen molar-refractivity contribution in [2.45, 2.75) is 12.1 Å². The van der Waals surface area contributed by atoms with Crippen LogP contribution in [0.5, 0.6) is 5.75 Å². The summed E-state index contributed by atoms with van der Waals surface area (Å²) in [5.41, 5.74) is -0.565. The van der Waals surface area contributed by atoms with Crippen molar-refractivity contribution in [3.05, 3.63) is 59.9 Å². The van der Waals surface area contributed by atoms with Crippen molar-refractivity contribution in [2.75, 3.05) is 19.0 Å². The molecule has 14 heteroatoms. The van der Waals surface area contributed by atoms with Gasteiger partial charge in [0, 0.05) is 11.8 Å². The molecule has 1 amide bonds. The predicted octanol–water partition coefficient (Wildman–Crippen LogP) is 4.50. The van der Waals surface area contributed by atoms with Crippen LogP contribution in [0, 0.1) is 11.6 Å². The van der Waals surface area contributed by atoms with Gasteiger partial charge in [-0.15, -0.1) is 0 Å². The molecule has 0 bridgehead atoms. The standard InChI is InChI=1S/C20H14F7N5O2/c1-34-14-4-3-11(21)6-12(14)16-13(22)8-29-18(32-16)31-15-5-2-10(7-28-15)17(33)30-9-19(23,24)20(25,26)27/h2-8H,9H2,1H3,(H,30,33)(H,28,29,31,32). The number of hydrogen-bond donors (Lipinski definition) is 2. The van der Waals surface area contributed by atoms with Gasteiger partial charge < -0.3 is 15.4 Å². The van der Waals surface area contributed by atoms with Crippen molar-refractivity contribution >= 4 is 17.7 Å². The zero-order chi connectivity index (χ0) is 25.1. The molecule has 2 aromatic heterocycles.